The monoisotopic (exact) mass is 453 g/mol. The standard InChI is InChI=1S/C20H27N2O6PS/c1-14(2)19(22-30(27,28)17-9-4-3-5-10-17)29(25,26)13-18(20(23)24)16-8-6-7-15(11-16)12-21/h3-11,14,18-19,22H,12-13,21H2,1-2H3,(H,23,24)(H,25,26)/p-1/t18-,19+/m0/s1. The van der Waals surface area contributed by atoms with Crippen molar-refractivity contribution in [3.05, 3.63) is 65.7 Å². The zero-order valence-corrected chi connectivity index (χ0v) is 18.6. The predicted molar refractivity (Wildman–Crippen MR) is 109 cm³/mol. The van der Waals surface area contributed by atoms with Gasteiger partial charge in [-0.05, 0) is 29.7 Å². The van der Waals surface area contributed by atoms with E-state index in [4.69, 9.17) is 0 Å². The highest BCUT2D eigenvalue weighted by molar-refractivity contribution is 7.89. The van der Waals surface area contributed by atoms with Crippen LogP contribution in [-0.2, 0) is 25.9 Å². The van der Waals surface area contributed by atoms with Gasteiger partial charge in [-0.3, -0.25) is 0 Å². The first-order valence-electron chi connectivity index (χ1n) is 9.44. The van der Waals surface area contributed by atoms with Gasteiger partial charge in [-0.1, -0.05) is 50.2 Å². The average molecular weight is 453 g/mol. The molecule has 0 heterocycles. The molecule has 0 saturated carbocycles. The van der Waals surface area contributed by atoms with Crippen molar-refractivity contribution in [1.29, 1.82) is 0 Å². The summed E-state index contributed by atoms with van der Waals surface area (Å²) in [5.41, 5.74) is 4.77. The first-order valence-corrected chi connectivity index (χ1v) is 12.8. The lowest BCUT2D eigenvalue weighted by Gasteiger charge is -2.38. The van der Waals surface area contributed by atoms with Gasteiger partial charge in [0.2, 0.25) is 10.0 Å². The molecule has 4 N–H and O–H groups in total. The number of carboxylic acids is 1. The van der Waals surface area contributed by atoms with Crippen molar-refractivity contribution in [2.24, 2.45) is 5.92 Å². The first kappa shape index (κ1) is 24.2. The van der Waals surface area contributed by atoms with Crippen molar-refractivity contribution in [2.45, 2.75) is 37.0 Å². The van der Waals surface area contributed by atoms with Gasteiger partial charge in [0.25, 0.3) is 0 Å². The van der Waals surface area contributed by atoms with E-state index in [1.807, 2.05) is 0 Å². The van der Waals surface area contributed by atoms with Crippen LogP contribution in [0.1, 0.15) is 30.9 Å². The number of carbonyl (C=O) groups is 1. The van der Waals surface area contributed by atoms with Gasteiger partial charge in [-0.2, -0.15) is 0 Å². The summed E-state index contributed by atoms with van der Waals surface area (Å²) in [6.45, 7) is 3.52. The zero-order valence-electron chi connectivity index (χ0n) is 16.9. The molecule has 0 bridgehead atoms. The molecule has 0 aromatic heterocycles. The van der Waals surface area contributed by atoms with Crippen molar-refractivity contribution in [2.75, 3.05) is 6.16 Å². The zero-order chi connectivity index (χ0) is 22.5. The minimum absolute atomic E-state index is 0.0738. The Bertz CT molecular complexity index is 1030. The number of carboxylic acid groups (broad SMARTS) is 1. The fourth-order valence-corrected chi connectivity index (χ4v) is 7.45. The lowest BCUT2D eigenvalue weighted by Crippen LogP contribution is -2.47. The van der Waals surface area contributed by atoms with Gasteiger partial charge >= 0.3 is 0 Å². The van der Waals surface area contributed by atoms with Crippen LogP contribution in [0.3, 0.4) is 0 Å². The van der Waals surface area contributed by atoms with Crippen molar-refractivity contribution in [1.82, 2.24) is 4.72 Å². The number of nitrogens with one attached hydrogen (secondary N) is 1. The molecule has 3 atom stereocenters. The van der Waals surface area contributed by atoms with E-state index < -0.39 is 47.1 Å². The number of aliphatic carboxylic acids is 1. The molecule has 0 aliphatic rings. The largest absolute Gasteiger partial charge is 0.798 e. The Labute approximate surface area is 176 Å². The fourth-order valence-electron chi connectivity index (χ4n) is 3.15. The van der Waals surface area contributed by atoms with Gasteiger partial charge in [0.1, 0.15) is 0 Å². The van der Waals surface area contributed by atoms with E-state index >= 15 is 0 Å². The fraction of sp³-hybridized carbons (Fsp3) is 0.350. The van der Waals surface area contributed by atoms with E-state index in [2.05, 4.69) is 10.5 Å². The van der Waals surface area contributed by atoms with Crippen molar-refractivity contribution in [3.63, 3.8) is 0 Å². The SMILES string of the molecule is CC(C)[C@H](NS(=O)(=O)c1ccccc1)P(=O)([O-])C[C@H](C(=O)[O-])c1cccc(C[NH3+])c1. The number of quaternary nitrogens is 1. The molecule has 0 fully saturated rings. The second kappa shape index (κ2) is 9.85. The van der Waals surface area contributed by atoms with Crippen LogP contribution in [0.5, 0.6) is 0 Å². The predicted octanol–water partition coefficient (Wildman–Crippen LogP) is -0.139. The molecule has 0 aliphatic heterocycles. The van der Waals surface area contributed by atoms with Gasteiger partial charge in [0, 0.05) is 31.0 Å². The molecular formula is C20H26N2O6PS-. The Hall–Kier alpha value is -2.03. The molecule has 0 aliphatic carbocycles. The Morgan fingerprint density at radius 3 is 2.30 bits per heavy atom. The van der Waals surface area contributed by atoms with Gasteiger partial charge in [-0.15, -0.1) is 0 Å². The van der Waals surface area contributed by atoms with Crippen LogP contribution < -0.4 is 20.5 Å². The number of benzene rings is 2. The molecule has 0 amide bonds. The summed E-state index contributed by atoms with van der Waals surface area (Å²) in [7, 11) is -8.66. The van der Waals surface area contributed by atoms with Crippen molar-refractivity contribution < 1.29 is 33.5 Å². The van der Waals surface area contributed by atoms with E-state index in [-0.39, 0.29) is 10.5 Å². The van der Waals surface area contributed by atoms with E-state index in [0.29, 0.717) is 6.54 Å². The van der Waals surface area contributed by atoms with Crippen LogP contribution in [-0.4, -0.2) is 26.3 Å². The number of carbonyl (C=O) groups excluding carboxylic acids is 1. The number of hydrogen-bond donors (Lipinski definition) is 2. The molecule has 8 nitrogen and oxygen atoms in total. The lowest BCUT2D eigenvalue weighted by atomic mass is 9.99. The maximum Gasteiger partial charge on any atom is 0.241 e. The lowest BCUT2D eigenvalue weighted by molar-refractivity contribution is -0.386. The molecule has 0 radical (unpaired) electrons. The van der Waals surface area contributed by atoms with Crippen LogP contribution >= 0.6 is 7.37 Å². The van der Waals surface area contributed by atoms with Crippen LogP contribution in [0.15, 0.2) is 59.5 Å². The Kier molecular flexibility index (Phi) is 7.96. The topological polar surface area (TPSA) is 154 Å². The molecule has 2 aromatic carbocycles. The molecule has 1 unspecified atom stereocenters. The van der Waals surface area contributed by atoms with Crippen LogP contribution in [0.4, 0.5) is 0 Å². The maximum absolute atomic E-state index is 13.1. The highest BCUT2D eigenvalue weighted by Crippen LogP contribution is 2.47. The minimum Gasteiger partial charge on any atom is -0.798 e. The third-order valence-electron chi connectivity index (χ3n) is 4.75. The van der Waals surface area contributed by atoms with E-state index in [0.717, 1.165) is 5.56 Å². The van der Waals surface area contributed by atoms with Crippen LogP contribution in [0, 0.1) is 5.92 Å². The summed E-state index contributed by atoms with van der Waals surface area (Å²) < 4.78 is 40.7. The second-order valence-electron chi connectivity index (χ2n) is 7.40. The number of rotatable bonds is 10. The molecule has 30 heavy (non-hydrogen) atoms. The molecule has 164 valence electrons. The minimum atomic E-state index is -4.55. The molecule has 2 rings (SSSR count). The average Bonchev–Trinajstić information content (AvgIpc) is 2.70. The molecule has 2 aromatic rings. The molecular weight excluding hydrogens is 427 g/mol. The van der Waals surface area contributed by atoms with Crippen LogP contribution in [0.2, 0.25) is 0 Å². The first-order chi connectivity index (χ1) is 14.0. The van der Waals surface area contributed by atoms with Crippen molar-refractivity contribution >= 4 is 23.4 Å². The molecule has 10 heteroatoms. The Morgan fingerprint density at radius 1 is 1.13 bits per heavy atom. The third kappa shape index (κ3) is 6.00. The second-order valence-corrected chi connectivity index (χ2v) is 11.5. The molecule has 0 spiro atoms. The van der Waals surface area contributed by atoms with Gasteiger partial charge in [-0.25, -0.2) is 13.1 Å². The van der Waals surface area contributed by atoms with E-state index in [1.54, 1.807) is 38.1 Å². The van der Waals surface area contributed by atoms with E-state index in [9.17, 15) is 27.8 Å². The normalized spacial score (nSPS) is 16.0. The highest BCUT2D eigenvalue weighted by atomic mass is 32.2. The Morgan fingerprint density at radius 2 is 1.77 bits per heavy atom. The van der Waals surface area contributed by atoms with Crippen LogP contribution in [0.25, 0.3) is 0 Å². The summed E-state index contributed by atoms with van der Waals surface area (Å²) in [5.74, 6) is -5.07. The molecule has 0 saturated heterocycles. The number of hydrogen-bond acceptors (Lipinski definition) is 6. The van der Waals surface area contributed by atoms with Gasteiger partial charge in [0.15, 0.2) is 0 Å². The maximum atomic E-state index is 13.1. The summed E-state index contributed by atoms with van der Waals surface area (Å²) in [6, 6.07) is 13.9. The summed E-state index contributed by atoms with van der Waals surface area (Å²) in [5, 5.41) is 11.8. The van der Waals surface area contributed by atoms with Gasteiger partial charge < -0.3 is 25.1 Å². The van der Waals surface area contributed by atoms with E-state index in [1.165, 1.54) is 30.3 Å². The smallest absolute Gasteiger partial charge is 0.241 e. The summed E-state index contributed by atoms with van der Waals surface area (Å²) in [4.78, 5) is 24.8. The van der Waals surface area contributed by atoms with Crippen molar-refractivity contribution in [3.8, 4) is 0 Å². The quantitative estimate of drug-likeness (QED) is 0.477. The van der Waals surface area contributed by atoms with Gasteiger partial charge in [0.05, 0.1) is 17.2 Å². The third-order valence-corrected chi connectivity index (χ3v) is 8.83. The summed E-state index contributed by atoms with van der Waals surface area (Å²) >= 11 is 0. The number of sulfonamides is 1. The highest BCUT2D eigenvalue weighted by Gasteiger charge is 2.33. The summed E-state index contributed by atoms with van der Waals surface area (Å²) in [6.07, 6.45) is -0.768. The Balaban J connectivity index is 2.36.